The average molecular weight is 291 g/mol. The summed E-state index contributed by atoms with van der Waals surface area (Å²) in [4.78, 5) is 26.7. The van der Waals surface area contributed by atoms with E-state index in [2.05, 4.69) is 4.98 Å². The zero-order valence-corrected chi connectivity index (χ0v) is 11.4. The molecule has 0 spiro atoms. The smallest absolute Gasteiger partial charge is 0.343 e. The summed E-state index contributed by atoms with van der Waals surface area (Å²) in [5.41, 5.74) is -0.405. The molecule has 0 bridgehead atoms. The number of H-pyrrole nitrogens is 1. The van der Waals surface area contributed by atoms with Gasteiger partial charge in [0, 0.05) is 6.20 Å². The Morgan fingerprint density at radius 1 is 1.52 bits per heavy atom. The first-order chi connectivity index (χ1) is 10.0. The van der Waals surface area contributed by atoms with Gasteiger partial charge in [0.2, 0.25) is 5.43 Å². The number of nitrogens with one attached hydrogen (secondary N) is 1. The van der Waals surface area contributed by atoms with E-state index in [4.69, 9.17) is 4.74 Å². The van der Waals surface area contributed by atoms with Crippen LogP contribution in [0.25, 0.3) is 10.9 Å². The number of rotatable bonds is 3. The Balaban J connectivity index is 2.25. The van der Waals surface area contributed by atoms with Gasteiger partial charge in [-0.15, -0.1) is 0 Å². The van der Waals surface area contributed by atoms with E-state index in [0.717, 1.165) is 19.0 Å². The SMILES string of the molecule is CCOC(=O)c1c[nH]c2c(O)c(F)c(C3CC3)cc2c1=O. The van der Waals surface area contributed by atoms with Crippen LogP contribution in [0.15, 0.2) is 17.1 Å². The number of carbonyl (C=O) groups excluding carboxylic acids is 1. The molecule has 0 radical (unpaired) electrons. The van der Waals surface area contributed by atoms with Gasteiger partial charge in [0.1, 0.15) is 5.56 Å². The Hall–Kier alpha value is -2.37. The molecule has 6 heteroatoms. The molecular formula is C15H14FNO4. The molecule has 0 amide bonds. The summed E-state index contributed by atoms with van der Waals surface area (Å²) in [6, 6.07) is 1.42. The monoisotopic (exact) mass is 291 g/mol. The van der Waals surface area contributed by atoms with E-state index in [1.165, 1.54) is 6.07 Å². The third-order valence-electron chi connectivity index (χ3n) is 3.63. The maximum absolute atomic E-state index is 14.1. The van der Waals surface area contributed by atoms with Gasteiger partial charge in [-0.3, -0.25) is 4.79 Å². The van der Waals surface area contributed by atoms with Crippen molar-refractivity contribution in [2.75, 3.05) is 6.61 Å². The minimum absolute atomic E-state index is 0.00468. The Labute approximate surface area is 119 Å². The molecule has 5 nitrogen and oxygen atoms in total. The minimum atomic E-state index is -0.738. The molecular weight excluding hydrogens is 277 g/mol. The first-order valence-electron chi connectivity index (χ1n) is 6.78. The lowest BCUT2D eigenvalue weighted by molar-refractivity contribution is 0.0524. The standard InChI is InChI=1S/C15H14FNO4/c1-2-21-15(20)10-6-17-12-9(13(10)18)5-8(7-3-4-7)11(16)14(12)19/h5-7,19H,2-4H2,1H3,(H,17,18). The van der Waals surface area contributed by atoms with Crippen molar-refractivity contribution in [3.8, 4) is 5.75 Å². The van der Waals surface area contributed by atoms with E-state index in [0.29, 0.717) is 5.56 Å². The molecule has 3 rings (SSSR count). The van der Waals surface area contributed by atoms with Crippen LogP contribution in [0, 0.1) is 5.82 Å². The van der Waals surface area contributed by atoms with Crippen molar-refractivity contribution >= 4 is 16.9 Å². The number of benzene rings is 1. The molecule has 110 valence electrons. The van der Waals surface area contributed by atoms with E-state index < -0.39 is 23.0 Å². The third-order valence-corrected chi connectivity index (χ3v) is 3.63. The third kappa shape index (κ3) is 2.16. The van der Waals surface area contributed by atoms with Gasteiger partial charge in [-0.05, 0) is 37.3 Å². The number of hydrogen-bond donors (Lipinski definition) is 2. The lowest BCUT2D eigenvalue weighted by atomic mass is 10.0. The molecule has 1 heterocycles. The lowest BCUT2D eigenvalue weighted by Gasteiger charge is -2.09. The van der Waals surface area contributed by atoms with Crippen molar-refractivity contribution in [2.45, 2.75) is 25.7 Å². The quantitative estimate of drug-likeness (QED) is 0.851. The van der Waals surface area contributed by atoms with Gasteiger partial charge in [-0.25, -0.2) is 9.18 Å². The molecule has 0 unspecified atom stereocenters. The van der Waals surface area contributed by atoms with Crippen molar-refractivity contribution in [2.24, 2.45) is 0 Å². The molecule has 2 N–H and O–H groups in total. The second-order valence-electron chi connectivity index (χ2n) is 5.08. The molecule has 1 aliphatic carbocycles. The maximum atomic E-state index is 14.1. The topological polar surface area (TPSA) is 79.4 Å². The number of aromatic amines is 1. The van der Waals surface area contributed by atoms with Gasteiger partial charge in [0.15, 0.2) is 11.6 Å². The Morgan fingerprint density at radius 3 is 2.86 bits per heavy atom. The van der Waals surface area contributed by atoms with Crippen LogP contribution in [0.1, 0.15) is 41.6 Å². The number of carbonyl (C=O) groups is 1. The normalized spacial score (nSPS) is 14.4. The molecule has 0 saturated heterocycles. The summed E-state index contributed by atoms with van der Waals surface area (Å²) < 4.78 is 18.9. The number of hydrogen-bond acceptors (Lipinski definition) is 4. The Kier molecular flexibility index (Phi) is 3.16. The zero-order chi connectivity index (χ0) is 15.1. The van der Waals surface area contributed by atoms with Crippen LogP contribution in [0.4, 0.5) is 4.39 Å². The number of esters is 1. The minimum Gasteiger partial charge on any atom is -0.503 e. The van der Waals surface area contributed by atoms with Gasteiger partial charge in [0.05, 0.1) is 17.5 Å². The molecule has 1 aromatic heterocycles. The fourth-order valence-electron chi connectivity index (χ4n) is 2.40. The number of pyridine rings is 1. The summed E-state index contributed by atoms with van der Waals surface area (Å²) in [7, 11) is 0. The molecule has 21 heavy (non-hydrogen) atoms. The van der Waals surface area contributed by atoms with E-state index in [1.54, 1.807) is 6.92 Å². The first-order valence-corrected chi connectivity index (χ1v) is 6.78. The van der Waals surface area contributed by atoms with Crippen molar-refractivity contribution in [3.05, 3.63) is 39.4 Å². The highest BCUT2D eigenvalue weighted by atomic mass is 19.1. The van der Waals surface area contributed by atoms with E-state index >= 15 is 0 Å². The predicted molar refractivity (Wildman–Crippen MR) is 74.1 cm³/mol. The zero-order valence-electron chi connectivity index (χ0n) is 11.4. The number of halogens is 1. The highest BCUT2D eigenvalue weighted by molar-refractivity contribution is 5.95. The number of fused-ring (bicyclic) bond motifs is 1. The van der Waals surface area contributed by atoms with E-state index in [9.17, 15) is 19.1 Å². The molecule has 2 aromatic rings. The van der Waals surface area contributed by atoms with E-state index in [-0.39, 0.29) is 29.0 Å². The maximum Gasteiger partial charge on any atom is 0.343 e. The van der Waals surface area contributed by atoms with Gasteiger partial charge in [-0.1, -0.05) is 0 Å². The van der Waals surface area contributed by atoms with Crippen molar-refractivity contribution in [1.82, 2.24) is 4.98 Å². The van der Waals surface area contributed by atoms with Crippen LogP contribution in [-0.2, 0) is 4.74 Å². The van der Waals surface area contributed by atoms with Crippen molar-refractivity contribution in [3.63, 3.8) is 0 Å². The van der Waals surface area contributed by atoms with Gasteiger partial charge in [0.25, 0.3) is 0 Å². The summed E-state index contributed by atoms with van der Waals surface area (Å²) in [6.07, 6.45) is 2.80. The van der Waals surface area contributed by atoms with Crippen molar-refractivity contribution in [1.29, 1.82) is 0 Å². The van der Waals surface area contributed by atoms with Crippen LogP contribution >= 0.6 is 0 Å². The van der Waals surface area contributed by atoms with Crippen molar-refractivity contribution < 1.29 is 19.0 Å². The van der Waals surface area contributed by atoms with Crippen LogP contribution in [0.3, 0.4) is 0 Å². The number of aromatic hydroxyl groups is 1. The van der Waals surface area contributed by atoms with Gasteiger partial charge < -0.3 is 14.8 Å². The predicted octanol–water partition coefficient (Wildman–Crippen LogP) is 2.43. The second kappa shape index (κ2) is 4.87. The Morgan fingerprint density at radius 2 is 2.24 bits per heavy atom. The molecule has 1 fully saturated rings. The largest absolute Gasteiger partial charge is 0.503 e. The average Bonchev–Trinajstić information content (AvgIpc) is 3.28. The summed E-state index contributed by atoms with van der Waals surface area (Å²) in [6.45, 7) is 1.79. The number of phenols is 1. The summed E-state index contributed by atoms with van der Waals surface area (Å²) in [5, 5.41) is 10.0. The highest BCUT2D eigenvalue weighted by Crippen LogP contribution is 2.44. The molecule has 1 saturated carbocycles. The molecule has 0 aliphatic heterocycles. The fourth-order valence-corrected chi connectivity index (χ4v) is 2.40. The van der Waals surface area contributed by atoms with Gasteiger partial charge in [-0.2, -0.15) is 0 Å². The number of phenolic OH excluding ortho intramolecular Hbond substituents is 1. The first kappa shape index (κ1) is 13.6. The van der Waals surface area contributed by atoms with Crippen LogP contribution in [-0.4, -0.2) is 22.7 Å². The van der Waals surface area contributed by atoms with Crippen LogP contribution in [0.2, 0.25) is 0 Å². The number of aromatic nitrogens is 1. The summed E-state index contributed by atoms with van der Waals surface area (Å²) in [5.74, 6) is -1.99. The van der Waals surface area contributed by atoms with Gasteiger partial charge >= 0.3 is 5.97 Å². The summed E-state index contributed by atoms with van der Waals surface area (Å²) >= 11 is 0. The molecule has 1 aliphatic rings. The van der Waals surface area contributed by atoms with Crippen LogP contribution in [0.5, 0.6) is 5.75 Å². The number of ether oxygens (including phenoxy) is 1. The highest BCUT2D eigenvalue weighted by Gasteiger charge is 2.30. The molecule has 0 atom stereocenters. The fraction of sp³-hybridized carbons (Fsp3) is 0.333. The second-order valence-corrected chi connectivity index (χ2v) is 5.08. The molecule has 1 aromatic carbocycles. The lowest BCUT2D eigenvalue weighted by Crippen LogP contribution is -2.18. The Bertz CT molecular complexity index is 792. The van der Waals surface area contributed by atoms with Crippen LogP contribution < -0.4 is 5.43 Å². The van der Waals surface area contributed by atoms with E-state index in [1.807, 2.05) is 0 Å².